The van der Waals surface area contributed by atoms with E-state index < -0.39 is 11.4 Å². The van der Waals surface area contributed by atoms with Gasteiger partial charge in [-0.1, -0.05) is 5.18 Å². The van der Waals surface area contributed by atoms with Crippen molar-refractivity contribution in [3.8, 4) is 0 Å². The molecular formula is C4H6N2O2. The standard InChI is InChI=1S/C4H6N2O2/c5-3(7)4(6-8)1-2-4/h1-2H2,(H2,5,7). The van der Waals surface area contributed by atoms with Gasteiger partial charge in [0.1, 0.15) is 0 Å². The van der Waals surface area contributed by atoms with E-state index in [4.69, 9.17) is 5.73 Å². The molecule has 4 heteroatoms. The molecule has 1 aliphatic rings. The van der Waals surface area contributed by atoms with Crippen molar-refractivity contribution in [1.82, 2.24) is 0 Å². The fourth-order valence-corrected chi connectivity index (χ4v) is 0.501. The number of amides is 1. The summed E-state index contributed by atoms with van der Waals surface area (Å²) in [5.74, 6) is -0.590. The normalized spacial score (nSPS) is 22.0. The highest BCUT2D eigenvalue weighted by molar-refractivity contribution is 5.87. The van der Waals surface area contributed by atoms with Gasteiger partial charge in [-0.05, 0) is 12.8 Å². The Morgan fingerprint density at radius 3 is 2.12 bits per heavy atom. The molecule has 0 aromatic heterocycles. The summed E-state index contributed by atoms with van der Waals surface area (Å²) >= 11 is 0. The molecule has 0 saturated heterocycles. The summed E-state index contributed by atoms with van der Waals surface area (Å²) in [6.45, 7) is 0. The summed E-state index contributed by atoms with van der Waals surface area (Å²) in [5.41, 5.74) is 3.81. The Morgan fingerprint density at radius 2 is 2.12 bits per heavy atom. The number of rotatable bonds is 2. The molecule has 0 spiro atoms. The van der Waals surface area contributed by atoms with Gasteiger partial charge in [0, 0.05) is 0 Å². The Balaban J connectivity index is 2.66. The van der Waals surface area contributed by atoms with Crippen molar-refractivity contribution < 1.29 is 4.79 Å². The average molecular weight is 114 g/mol. The molecule has 2 N–H and O–H groups in total. The third-order valence-electron chi connectivity index (χ3n) is 1.36. The van der Waals surface area contributed by atoms with Gasteiger partial charge in [-0.25, -0.2) is 0 Å². The van der Waals surface area contributed by atoms with Gasteiger partial charge in [0.05, 0.1) is 0 Å². The molecule has 1 saturated carbocycles. The summed E-state index contributed by atoms with van der Waals surface area (Å²) in [4.78, 5) is 20.0. The lowest BCUT2D eigenvalue weighted by Gasteiger charge is -1.93. The number of nitrogens with zero attached hydrogens (tertiary/aromatic N) is 1. The topological polar surface area (TPSA) is 72.5 Å². The minimum absolute atomic E-state index is 0.534. The molecule has 0 bridgehead atoms. The highest BCUT2D eigenvalue weighted by Crippen LogP contribution is 2.38. The number of carbonyl (C=O) groups is 1. The average Bonchev–Trinajstić information content (AvgIpc) is 2.44. The fourth-order valence-electron chi connectivity index (χ4n) is 0.501. The predicted octanol–water partition coefficient (Wildman–Crippen LogP) is -0.229. The van der Waals surface area contributed by atoms with E-state index in [9.17, 15) is 9.70 Å². The number of carbonyl (C=O) groups excluding carboxylic acids is 1. The molecular weight excluding hydrogens is 108 g/mol. The van der Waals surface area contributed by atoms with Crippen LogP contribution in [0.25, 0.3) is 0 Å². The van der Waals surface area contributed by atoms with E-state index in [0.29, 0.717) is 12.8 Å². The van der Waals surface area contributed by atoms with Crippen LogP contribution < -0.4 is 5.73 Å². The van der Waals surface area contributed by atoms with Gasteiger partial charge in [0.25, 0.3) is 0 Å². The van der Waals surface area contributed by atoms with Crippen molar-refractivity contribution in [1.29, 1.82) is 0 Å². The maximum atomic E-state index is 10.2. The van der Waals surface area contributed by atoms with Crippen LogP contribution in [-0.4, -0.2) is 11.4 Å². The minimum Gasteiger partial charge on any atom is -0.367 e. The van der Waals surface area contributed by atoms with Crippen LogP contribution in [0.2, 0.25) is 0 Å². The fraction of sp³-hybridized carbons (Fsp3) is 0.750. The van der Waals surface area contributed by atoms with E-state index in [1.165, 1.54) is 0 Å². The molecule has 8 heavy (non-hydrogen) atoms. The monoisotopic (exact) mass is 114 g/mol. The zero-order valence-corrected chi connectivity index (χ0v) is 4.26. The second-order valence-electron chi connectivity index (χ2n) is 1.99. The lowest BCUT2D eigenvalue weighted by atomic mass is 10.3. The van der Waals surface area contributed by atoms with Gasteiger partial charge in [-0.15, -0.1) is 4.91 Å². The molecule has 44 valence electrons. The van der Waals surface area contributed by atoms with E-state index in [1.807, 2.05) is 0 Å². The molecule has 0 aromatic rings. The second kappa shape index (κ2) is 1.27. The van der Waals surface area contributed by atoms with Crippen LogP contribution in [0.3, 0.4) is 0 Å². The molecule has 0 unspecified atom stereocenters. The number of nitrogens with two attached hydrogens (primary N) is 1. The minimum atomic E-state index is -1.00. The summed E-state index contributed by atoms with van der Waals surface area (Å²) in [6, 6.07) is 0. The summed E-state index contributed by atoms with van der Waals surface area (Å²) in [5, 5.41) is 2.61. The lowest BCUT2D eigenvalue weighted by Crippen LogP contribution is -2.27. The van der Waals surface area contributed by atoms with Gasteiger partial charge in [-0.3, -0.25) is 4.79 Å². The van der Waals surface area contributed by atoms with Crippen LogP contribution in [0.4, 0.5) is 0 Å². The van der Waals surface area contributed by atoms with Crippen molar-refractivity contribution in [2.75, 3.05) is 0 Å². The molecule has 0 heterocycles. The SMILES string of the molecule is NC(=O)C1(N=O)CC1. The Hall–Kier alpha value is -0.930. The largest absolute Gasteiger partial charge is 0.367 e. The van der Waals surface area contributed by atoms with E-state index in [2.05, 4.69) is 5.18 Å². The quantitative estimate of drug-likeness (QED) is 0.503. The zero-order chi connectivity index (χ0) is 6.20. The Morgan fingerprint density at radius 1 is 1.62 bits per heavy atom. The van der Waals surface area contributed by atoms with Crippen molar-refractivity contribution in [2.24, 2.45) is 10.9 Å². The molecule has 1 aliphatic carbocycles. The zero-order valence-electron chi connectivity index (χ0n) is 4.26. The number of nitroso groups, excluding NO2 is 1. The van der Waals surface area contributed by atoms with Crippen molar-refractivity contribution in [3.05, 3.63) is 4.91 Å². The molecule has 0 aromatic carbocycles. The van der Waals surface area contributed by atoms with Crippen LogP contribution in [0.15, 0.2) is 5.18 Å². The third-order valence-corrected chi connectivity index (χ3v) is 1.36. The number of hydrogen-bond acceptors (Lipinski definition) is 3. The van der Waals surface area contributed by atoms with Crippen LogP contribution in [0.5, 0.6) is 0 Å². The number of hydrogen-bond donors (Lipinski definition) is 1. The molecule has 0 atom stereocenters. The Labute approximate surface area is 46.0 Å². The summed E-state index contributed by atoms with van der Waals surface area (Å²) < 4.78 is 0. The van der Waals surface area contributed by atoms with Crippen molar-refractivity contribution in [3.63, 3.8) is 0 Å². The lowest BCUT2D eigenvalue weighted by molar-refractivity contribution is -0.120. The van der Waals surface area contributed by atoms with E-state index in [-0.39, 0.29) is 0 Å². The van der Waals surface area contributed by atoms with E-state index in [1.54, 1.807) is 0 Å². The van der Waals surface area contributed by atoms with Crippen molar-refractivity contribution in [2.45, 2.75) is 18.4 Å². The number of primary amides is 1. The first-order valence-corrected chi connectivity index (χ1v) is 2.36. The second-order valence-corrected chi connectivity index (χ2v) is 1.99. The molecule has 0 radical (unpaired) electrons. The highest BCUT2D eigenvalue weighted by atomic mass is 16.3. The predicted molar refractivity (Wildman–Crippen MR) is 27.0 cm³/mol. The van der Waals surface area contributed by atoms with E-state index >= 15 is 0 Å². The molecule has 1 rings (SSSR count). The molecule has 4 nitrogen and oxygen atoms in total. The first-order valence-electron chi connectivity index (χ1n) is 2.36. The van der Waals surface area contributed by atoms with Crippen LogP contribution in [-0.2, 0) is 4.79 Å². The first-order chi connectivity index (χ1) is 3.71. The van der Waals surface area contributed by atoms with Crippen molar-refractivity contribution >= 4 is 5.91 Å². The van der Waals surface area contributed by atoms with Gasteiger partial charge in [0.2, 0.25) is 5.91 Å². The summed E-state index contributed by atoms with van der Waals surface area (Å²) in [7, 11) is 0. The first kappa shape index (κ1) is 5.21. The maximum absolute atomic E-state index is 10.2. The Kier molecular flexibility index (Phi) is 0.829. The van der Waals surface area contributed by atoms with Gasteiger partial charge in [-0.2, -0.15) is 0 Å². The molecule has 1 fully saturated rings. The third kappa shape index (κ3) is 0.492. The van der Waals surface area contributed by atoms with Crippen LogP contribution in [0, 0.1) is 4.91 Å². The molecule has 1 amide bonds. The summed E-state index contributed by atoms with van der Waals surface area (Å²) in [6.07, 6.45) is 1.07. The van der Waals surface area contributed by atoms with Crippen LogP contribution in [0.1, 0.15) is 12.8 Å². The van der Waals surface area contributed by atoms with E-state index in [0.717, 1.165) is 0 Å². The Bertz CT molecular complexity index is 139. The van der Waals surface area contributed by atoms with Gasteiger partial charge < -0.3 is 5.73 Å². The molecule has 0 aliphatic heterocycles. The van der Waals surface area contributed by atoms with Gasteiger partial charge >= 0.3 is 0 Å². The van der Waals surface area contributed by atoms with Gasteiger partial charge in [0.15, 0.2) is 5.54 Å². The van der Waals surface area contributed by atoms with Crippen LogP contribution >= 0.6 is 0 Å². The maximum Gasteiger partial charge on any atom is 0.249 e. The highest BCUT2D eigenvalue weighted by Gasteiger charge is 2.50. The smallest absolute Gasteiger partial charge is 0.249 e.